The lowest BCUT2D eigenvalue weighted by molar-refractivity contribution is 0.138. The number of unbranched alkanes of at least 4 members (excludes halogenated alkanes) is 1. The molecule has 6 nitrogen and oxygen atoms in total. The van der Waals surface area contributed by atoms with E-state index in [0.29, 0.717) is 25.7 Å². The van der Waals surface area contributed by atoms with Crippen LogP contribution in [0.2, 0.25) is 0 Å². The number of nitrogens with one attached hydrogen (secondary N) is 2. The summed E-state index contributed by atoms with van der Waals surface area (Å²) >= 11 is 0. The van der Waals surface area contributed by atoms with Crippen LogP contribution in [-0.4, -0.2) is 45.5 Å². The quantitative estimate of drug-likeness (QED) is 0.179. The minimum absolute atomic E-state index is 0.163. The predicted molar refractivity (Wildman–Crippen MR) is 69.8 cm³/mol. The van der Waals surface area contributed by atoms with Gasteiger partial charge in [-0.15, -0.1) is 0 Å². The van der Waals surface area contributed by atoms with E-state index < -0.39 is 0 Å². The second-order valence-electron chi connectivity index (χ2n) is 3.84. The molecule has 1 atom stereocenters. The lowest BCUT2D eigenvalue weighted by Crippen LogP contribution is -2.47. The molecule has 0 rings (SSSR count). The van der Waals surface area contributed by atoms with Gasteiger partial charge in [0.2, 0.25) is 5.96 Å². The van der Waals surface area contributed by atoms with Gasteiger partial charge in [-0.05, 0) is 13.3 Å². The highest BCUT2D eigenvalue weighted by Crippen LogP contribution is 1.88. The van der Waals surface area contributed by atoms with Gasteiger partial charge in [0.05, 0.1) is 19.8 Å². The van der Waals surface area contributed by atoms with Crippen LogP contribution in [0.25, 0.3) is 0 Å². The van der Waals surface area contributed by atoms with E-state index in [0.717, 1.165) is 19.4 Å². The van der Waals surface area contributed by atoms with Crippen molar-refractivity contribution in [2.24, 2.45) is 10.8 Å². The molecule has 0 heterocycles. The summed E-state index contributed by atoms with van der Waals surface area (Å²) in [7, 11) is 1.66. The number of rotatable bonds is 9. The maximum Gasteiger partial charge on any atom is 0.206 e. The highest BCUT2D eigenvalue weighted by Gasteiger charge is 2.02. The first-order valence-electron chi connectivity index (χ1n) is 6.08. The molecular formula is C11H26N4O2. The van der Waals surface area contributed by atoms with Gasteiger partial charge in [-0.1, -0.05) is 13.3 Å². The molecule has 0 saturated carbocycles. The summed E-state index contributed by atoms with van der Waals surface area (Å²) in [5, 5.41) is 3.10. The Morgan fingerprint density at radius 2 is 2.18 bits per heavy atom. The summed E-state index contributed by atoms with van der Waals surface area (Å²) in [5.74, 6) is 5.92. The average Bonchev–Trinajstić information content (AvgIpc) is 2.32. The van der Waals surface area contributed by atoms with E-state index >= 15 is 0 Å². The largest absolute Gasteiger partial charge is 0.383 e. The van der Waals surface area contributed by atoms with Crippen molar-refractivity contribution in [3.05, 3.63) is 0 Å². The Morgan fingerprint density at radius 1 is 1.41 bits per heavy atom. The standard InChI is InChI=1S/C11H26N4O2/c1-4-5-7-17-8-6-13-11(15-12)14-10(2)9-16-3/h10H,4-9,12H2,1-3H3,(H2,13,14,15). The summed E-state index contributed by atoms with van der Waals surface area (Å²) in [6.07, 6.45) is 2.24. The summed E-state index contributed by atoms with van der Waals surface area (Å²) in [6, 6.07) is 0.163. The molecule has 0 radical (unpaired) electrons. The van der Waals surface area contributed by atoms with Gasteiger partial charge in [-0.2, -0.15) is 0 Å². The molecule has 6 heteroatoms. The van der Waals surface area contributed by atoms with Gasteiger partial charge in [0, 0.05) is 19.8 Å². The maximum atomic E-state index is 5.39. The molecule has 0 saturated heterocycles. The van der Waals surface area contributed by atoms with E-state index in [1.165, 1.54) is 0 Å². The van der Waals surface area contributed by atoms with Crippen LogP contribution in [0.3, 0.4) is 0 Å². The molecule has 0 fully saturated rings. The zero-order valence-electron chi connectivity index (χ0n) is 11.2. The van der Waals surface area contributed by atoms with E-state index in [1.807, 2.05) is 6.92 Å². The summed E-state index contributed by atoms with van der Waals surface area (Å²) in [5.41, 5.74) is 2.52. The molecule has 0 amide bonds. The fourth-order valence-corrected chi connectivity index (χ4v) is 1.23. The van der Waals surface area contributed by atoms with Gasteiger partial charge in [-0.25, -0.2) is 10.8 Å². The van der Waals surface area contributed by atoms with Gasteiger partial charge in [0.1, 0.15) is 0 Å². The van der Waals surface area contributed by atoms with Crippen molar-refractivity contribution < 1.29 is 9.47 Å². The smallest absolute Gasteiger partial charge is 0.206 e. The molecule has 0 aromatic rings. The Labute approximate surface area is 104 Å². The zero-order valence-corrected chi connectivity index (χ0v) is 11.2. The summed E-state index contributed by atoms with van der Waals surface area (Å²) < 4.78 is 10.4. The zero-order chi connectivity index (χ0) is 12.9. The number of methoxy groups -OCH3 is 1. The van der Waals surface area contributed by atoms with Crippen LogP contribution < -0.4 is 16.6 Å². The molecule has 0 aliphatic heterocycles. The van der Waals surface area contributed by atoms with Gasteiger partial charge in [-0.3, -0.25) is 5.43 Å². The Morgan fingerprint density at radius 3 is 2.76 bits per heavy atom. The number of hydrogen-bond acceptors (Lipinski definition) is 4. The summed E-state index contributed by atoms with van der Waals surface area (Å²) in [4.78, 5) is 4.25. The fourth-order valence-electron chi connectivity index (χ4n) is 1.23. The topological polar surface area (TPSA) is 80.9 Å². The van der Waals surface area contributed by atoms with Crippen LogP contribution >= 0.6 is 0 Å². The molecule has 0 aliphatic carbocycles. The Hall–Kier alpha value is -0.850. The van der Waals surface area contributed by atoms with Crippen LogP contribution in [0, 0.1) is 0 Å². The molecular weight excluding hydrogens is 220 g/mol. The van der Waals surface area contributed by atoms with E-state index in [1.54, 1.807) is 7.11 Å². The minimum Gasteiger partial charge on any atom is -0.383 e. The van der Waals surface area contributed by atoms with Crippen molar-refractivity contribution in [2.75, 3.05) is 33.5 Å². The maximum absolute atomic E-state index is 5.39. The molecule has 0 aromatic carbocycles. The third-order valence-corrected chi connectivity index (χ3v) is 2.08. The SMILES string of the molecule is CCCCOCCN=C(NN)NC(C)COC. The van der Waals surface area contributed by atoms with Gasteiger partial charge in [0.25, 0.3) is 0 Å². The highest BCUT2D eigenvalue weighted by molar-refractivity contribution is 5.79. The molecule has 0 spiro atoms. The number of hydrogen-bond donors (Lipinski definition) is 3. The van der Waals surface area contributed by atoms with Crippen molar-refractivity contribution in [3.63, 3.8) is 0 Å². The molecule has 102 valence electrons. The average molecular weight is 246 g/mol. The number of hydrazine groups is 1. The first kappa shape index (κ1) is 16.1. The number of aliphatic imine (C=N–C) groups is 1. The normalized spacial score (nSPS) is 13.5. The van der Waals surface area contributed by atoms with E-state index in [2.05, 4.69) is 22.7 Å². The monoisotopic (exact) mass is 246 g/mol. The van der Waals surface area contributed by atoms with Crippen LogP contribution in [-0.2, 0) is 9.47 Å². The molecule has 17 heavy (non-hydrogen) atoms. The van der Waals surface area contributed by atoms with Crippen molar-refractivity contribution >= 4 is 5.96 Å². The first-order valence-corrected chi connectivity index (χ1v) is 6.08. The number of ether oxygens (including phenoxy) is 2. The first-order chi connectivity index (χ1) is 8.24. The second kappa shape index (κ2) is 11.6. The number of guanidine groups is 1. The summed E-state index contributed by atoms with van der Waals surface area (Å²) in [6.45, 7) is 6.74. The van der Waals surface area contributed by atoms with E-state index in [-0.39, 0.29) is 6.04 Å². The molecule has 0 aliphatic rings. The molecule has 0 bridgehead atoms. The van der Waals surface area contributed by atoms with Crippen LogP contribution in [0.4, 0.5) is 0 Å². The predicted octanol–water partition coefficient (Wildman–Crippen LogP) is 0.247. The van der Waals surface area contributed by atoms with Gasteiger partial charge >= 0.3 is 0 Å². The van der Waals surface area contributed by atoms with E-state index in [9.17, 15) is 0 Å². The number of nitrogens with two attached hydrogens (primary N) is 1. The van der Waals surface area contributed by atoms with Crippen LogP contribution in [0.15, 0.2) is 4.99 Å². The third-order valence-electron chi connectivity index (χ3n) is 2.08. The van der Waals surface area contributed by atoms with Crippen molar-refractivity contribution in [2.45, 2.75) is 32.7 Å². The van der Waals surface area contributed by atoms with Crippen LogP contribution in [0.5, 0.6) is 0 Å². The highest BCUT2D eigenvalue weighted by atomic mass is 16.5. The van der Waals surface area contributed by atoms with Gasteiger partial charge < -0.3 is 14.8 Å². The van der Waals surface area contributed by atoms with Gasteiger partial charge in [0.15, 0.2) is 0 Å². The number of nitrogens with zero attached hydrogens (tertiary/aromatic N) is 1. The van der Waals surface area contributed by atoms with Crippen molar-refractivity contribution in [3.8, 4) is 0 Å². The minimum atomic E-state index is 0.163. The van der Waals surface area contributed by atoms with Crippen molar-refractivity contribution in [1.29, 1.82) is 0 Å². The fraction of sp³-hybridized carbons (Fsp3) is 0.909. The second-order valence-corrected chi connectivity index (χ2v) is 3.84. The lowest BCUT2D eigenvalue weighted by atomic mass is 10.4. The Balaban J connectivity index is 3.69. The van der Waals surface area contributed by atoms with Crippen LogP contribution in [0.1, 0.15) is 26.7 Å². The lowest BCUT2D eigenvalue weighted by Gasteiger charge is -2.15. The molecule has 0 aromatic heterocycles. The Bertz CT molecular complexity index is 200. The Kier molecular flexibility index (Phi) is 11.0. The molecule has 1 unspecified atom stereocenters. The van der Waals surface area contributed by atoms with E-state index in [4.69, 9.17) is 15.3 Å². The third kappa shape index (κ3) is 10.0. The van der Waals surface area contributed by atoms with Crippen molar-refractivity contribution in [1.82, 2.24) is 10.7 Å². The molecule has 4 N–H and O–H groups in total.